The Hall–Kier alpha value is -1.82. The largest absolute Gasteiger partial charge is 0.379 e. The fraction of sp³-hybridized carbons (Fsp3) is 0.600. The van der Waals surface area contributed by atoms with E-state index in [1.807, 2.05) is 49.0 Å². The van der Waals surface area contributed by atoms with Crippen LogP contribution in [0.3, 0.4) is 0 Å². The molecule has 0 saturated carbocycles. The monoisotopic (exact) mass is 292 g/mol. The summed E-state index contributed by atoms with van der Waals surface area (Å²) in [7, 11) is 3.90. The van der Waals surface area contributed by atoms with Crippen molar-refractivity contribution in [1.29, 1.82) is 0 Å². The summed E-state index contributed by atoms with van der Waals surface area (Å²) in [5, 5.41) is 2.94. The number of ether oxygens (including phenoxy) is 1. The second-order valence-corrected chi connectivity index (χ2v) is 5.34. The first kappa shape index (κ1) is 15.6. The quantitative estimate of drug-likeness (QED) is 0.893. The fourth-order valence-corrected chi connectivity index (χ4v) is 2.42. The minimum atomic E-state index is -0.0509. The molecule has 1 fully saturated rings. The van der Waals surface area contributed by atoms with Gasteiger partial charge in [-0.15, -0.1) is 0 Å². The number of nitrogens with one attached hydrogen (secondary N) is 1. The number of pyridine rings is 1. The number of likely N-dealkylation sites (N-methyl/N-ethyl adjacent to an activating group) is 1. The SMILES string of the molecule is CCN(C(=O)NCc1cccc(N(C)C)n1)[C@H]1CCOC1. The Kier molecular flexibility index (Phi) is 5.38. The molecule has 1 aromatic heterocycles. The third-order valence-electron chi connectivity index (χ3n) is 3.62. The Bertz CT molecular complexity index is 472. The molecule has 1 aliphatic rings. The van der Waals surface area contributed by atoms with Crippen LogP contribution < -0.4 is 10.2 Å². The van der Waals surface area contributed by atoms with Gasteiger partial charge in [-0.3, -0.25) is 0 Å². The summed E-state index contributed by atoms with van der Waals surface area (Å²) < 4.78 is 5.36. The van der Waals surface area contributed by atoms with E-state index in [0.717, 1.165) is 24.5 Å². The Morgan fingerprint density at radius 3 is 2.90 bits per heavy atom. The molecular formula is C15H24N4O2. The van der Waals surface area contributed by atoms with Crippen LogP contribution in [0.15, 0.2) is 18.2 Å². The highest BCUT2D eigenvalue weighted by Gasteiger charge is 2.25. The zero-order valence-corrected chi connectivity index (χ0v) is 13.0. The van der Waals surface area contributed by atoms with Crippen LogP contribution in [0.5, 0.6) is 0 Å². The van der Waals surface area contributed by atoms with E-state index in [1.54, 1.807) is 0 Å². The number of amides is 2. The predicted molar refractivity (Wildman–Crippen MR) is 82.4 cm³/mol. The van der Waals surface area contributed by atoms with Crippen LogP contribution >= 0.6 is 0 Å². The molecule has 1 aliphatic heterocycles. The van der Waals surface area contributed by atoms with E-state index in [0.29, 0.717) is 19.7 Å². The molecule has 0 unspecified atom stereocenters. The fourth-order valence-electron chi connectivity index (χ4n) is 2.42. The maximum atomic E-state index is 12.3. The summed E-state index contributed by atoms with van der Waals surface area (Å²) in [6.45, 7) is 4.48. The summed E-state index contributed by atoms with van der Waals surface area (Å²) in [4.78, 5) is 20.5. The molecule has 0 bridgehead atoms. The molecule has 2 rings (SSSR count). The third-order valence-corrected chi connectivity index (χ3v) is 3.62. The zero-order chi connectivity index (χ0) is 15.2. The first-order chi connectivity index (χ1) is 10.1. The van der Waals surface area contributed by atoms with E-state index in [2.05, 4.69) is 10.3 Å². The number of hydrogen-bond donors (Lipinski definition) is 1. The van der Waals surface area contributed by atoms with E-state index in [4.69, 9.17) is 4.74 Å². The number of aromatic nitrogens is 1. The van der Waals surface area contributed by atoms with Crippen molar-refractivity contribution in [3.8, 4) is 0 Å². The first-order valence-electron chi connectivity index (χ1n) is 7.37. The molecule has 1 N–H and O–H groups in total. The van der Waals surface area contributed by atoms with Crippen LogP contribution in [0.25, 0.3) is 0 Å². The lowest BCUT2D eigenvalue weighted by atomic mass is 10.2. The second-order valence-electron chi connectivity index (χ2n) is 5.34. The molecule has 1 saturated heterocycles. The minimum absolute atomic E-state index is 0.0509. The summed E-state index contributed by atoms with van der Waals surface area (Å²) in [6.07, 6.45) is 0.912. The van der Waals surface area contributed by atoms with Gasteiger partial charge in [-0.1, -0.05) is 6.07 Å². The number of anilines is 1. The van der Waals surface area contributed by atoms with Crippen LogP contribution in [0.2, 0.25) is 0 Å². The van der Waals surface area contributed by atoms with E-state index < -0.39 is 0 Å². The average Bonchev–Trinajstić information content (AvgIpc) is 3.00. The molecule has 0 aromatic carbocycles. The molecule has 1 atom stereocenters. The van der Waals surface area contributed by atoms with Crippen LogP contribution in [0.4, 0.5) is 10.6 Å². The number of rotatable bonds is 5. The number of urea groups is 1. The van der Waals surface area contributed by atoms with E-state index in [1.165, 1.54) is 0 Å². The topological polar surface area (TPSA) is 57.7 Å². The molecule has 1 aromatic rings. The van der Waals surface area contributed by atoms with Gasteiger partial charge in [-0.25, -0.2) is 9.78 Å². The van der Waals surface area contributed by atoms with Crippen molar-refractivity contribution in [2.75, 3.05) is 38.8 Å². The Morgan fingerprint density at radius 2 is 2.29 bits per heavy atom. The average molecular weight is 292 g/mol. The van der Waals surface area contributed by atoms with E-state index in [9.17, 15) is 4.79 Å². The molecule has 6 heteroatoms. The smallest absolute Gasteiger partial charge is 0.318 e. The predicted octanol–water partition coefficient (Wildman–Crippen LogP) is 1.47. The van der Waals surface area contributed by atoms with Gasteiger partial charge in [0.15, 0.2) is 0 Å². The Balaban J connectivity index is 1.92. The van der Waals surface area contributed by atoms with Crippen molar-refractivity contribution >= 4 is 11.8 Å². The molecule has 0 aliphatic carbocycles. The van der Waals surface area contributed by atoms with Crippen molar-refractivity contribution in [1.82, 2.24) is 15.2 Å². The number of hydrogen-bond acceptors (Lipinski definition) is 4. The summed E-state index contributed by atoms with van der Waals surface area (Å²) >= 11 is 0. The number of carbonyl (C=O) groups excluding carboxylic acids is 1. The van der Waals surface area contributed by atoms with Crippen molar-refractivity contribution in [3.63, 3.8) is 0 Å². The molecule has 21 heavy (non-hydrogen) atoms. The zero-order valence-electron chi connectivity index (χ0n) is 13.0. The van der Waals surface area contributed by atoms with Crippen molar-refractivity contribution in [2.45, 2.75) is 25.9 Å². The lowest BCUT2D eigenvalue weighted by molar-refractivity contribution is 0.149. The van der Waals surface area contributed by atoms with Gasteiger partial charge in [-0.2, -0.15) is 0 Å². The van der Waals surface area contributed by atoms with Crippen molar-refractivity contribution in [3.05, 3.63) is 23.9 Å². The van der Waals surface area contributed by atoms with Gasteiger partial charge >= 0.3 is 6.03 Å². The summed E-state index contributed by atoms with van der Waals surface area (Å²) in [5.74, 6) is 0.887. The van der Waals surface area contributed by atoms with Crippen LogP contribution in [-0.2, 0) is 11.3 Å². The molecule has 6 nitrogen and oxygen atoms in total. The van der Waals surface area contributed by atoms with Crippen LogP contribution in [-0.4, -0.2) is 55.8 Å². The second kappa shape index (κ2) is 7.26. The number of nitrogens with zero attached hydrogens (tertiary/aromatic N) is 3. The highest BCUT2D eigenvalue weighted by molar-refractivity contribution is 5.74. The maximum absolute atomic E-state index is 12.3. The van der Waals surface area contributed by atoms with Gasteiger partial charge in [-0.05, 0) is 25.5 Å². The molecule has 2 amide bonds. The molecule has 116 valence electrons. The van der Waals surface area contributed by atoms with Gasteiger partial charge in [0.25, 0.3) is 0 Å². The highest BCUT2D eigenvalue weighted by Crippen LogP contribution is 2.12. The van der Waals surface area contributed by atoms with Crippen molar-refractivity contribution in [2.24, 2.45) is 0 Å². The van der Waals surface area contributed by atoms with E-state index >= 15 is 0 Å². The lowest BCUT2D eigenvalue weighted by Gasteiger charge is -2.26. The summed E-state index contributed by atoms with van der Waals surface area (Å²) in [5.41, 5.74) is 0.855. The van der Waals surface area contributed by atoms with Gasteiger partial charge in [0.1, 0.15) is 5.82 Å². The van der Waals surface area contributed by atoms with Gasteiger partial charge < -0.3 is 19.9 Å². The number of carbonyl (C=O) groups is 1. The molecule has 0 radical (unpaired) electrons. The van der Waals surface area contributed by atoms with Crippen LogP contribution in [0.1, 0.15) is 19.0 Å². The van der Waals surface area contributed by atoms with Gasteiger partial charge in [0.05, 0.1) is 24.9 Å². The first-order valence-corrected chi connectivity index (χ1v) is 7.37. The Morgan fingerprint density at radius 1 is 1.48 bits per heavy atom. The van der Waals surface area contributed by atoms with Gasteiger partial charge in [0.2, 0.25) is 0 Å². The Labute approximate surface area is 126 Å². The van der Waals surface area contributed by atoms with E-state index in [-0.39, 0.29) is 12.1 Å². The molecule has 2 heterocycles. The lowest BCUT2D eigenvalue weighted by Crippen LogP contribution is -2.46. The van der Waals surface area contributed by atoms with Gasteiger partial charge in [0, 0.05) is 27.2 Å². The third kappa shape index (κ3) is 4.07. The summed E-state index contributed by atoms with van der Waals surface area (Å²) in [6, 6.07) is 5.95. The molecular weight excluding hydrogens is 268 g/mol. The minimum Gasteiger partial charge on any atom is -0.379 e. The standard InChI is InChI=1S/C15H24N4O2/c1-4-19(13-8-9-21-11-13)15(20)16-10-12-6-5-7-14(17-12)18(2)3/h5-7,13H,4,8-11H2,1-3H3,(H,16,20)/t13-/m0/s1. The molecule has 0 spiro atoms. The van der Waals surface area contributed by atoms with Crippen molar-refractivity contribution < 1.29 is 9.53 Å². The normalized spacial score (nSPS) is 17.6. The highest BCUT2D eigenvalue weighted by atomic mass is 16.5. The maximum Gasteiger partial charge on any atom is 0.318 e. The van der Waals surface area contributed by atoms with Crippen LogP contribution in [0, 0.1) is 0 Å².